The van der Waals surface area contributed by atoms with E-state index >= 15 is 35.1 Å². The average molecular weight is 929 g/mol. The third-order valence-electron chi connectivity index (χ3n) is 17.7. The zero-order valence-corrected chi connectivity index (χ0v) is 37.6. The first kappa shape index (κ1) is 47.8. The quantitative estimate of drug-likeness (QED) is 0.107. The molecule has 31 atom stereocenters. The van der Waals surface area contributed by atoms with Gasteiger partial charge in [0, 0.05) is 83.7 Å². The summed E-state index contributed by atoms with van der Waals surface area (Å²) in [6.07, 6.45) is -27.6. The highest BCUT2D eigenvalue weighted by Crippen LogP contribution is 2.50. The molecular formula is C40H72F8N16. The lowest BCUT2D eigenvalue weighted by atomic mass is 9.67. The molecule has 16 nitrogen and oxygen atoms in total. The lowest BCUT2D eigenvalue weighted by Gasteiger charge is -2.52. The minimum absolute atomic E-state index is 0.0273. The van der Waals surface area contributed by atoms with E-state index in [1.165, 1.54) is 0 Å². The van der Waals surface area contributed by atoms with Gasteiger partial charge in [0.15, 0.2) is 24.7 Å². The summed E-state index contributed by atoms with van der Waals surface area (Å²) in [5.41, 5.74) is 3.43. The van der Waals surface area contributed by atoms with Gasteiger partial charge in [-0.1, -0.05) is 0 Å². The summed E-state index contributed by atoms with van der Waals surface area (Å²) in [6, 6.07) is -0.927. The number of alkyl halides is 8. The van der Waals surface area contributed by atoms with Crippen molar-refractivity contribution in [3.05, 3.63) is 0 Å². The second-order valence-electron chi connectivity index (χ2n) is 19.8. The van der Waals surface area contributed by atoms with E-state index in [4.69, 9.17) is 0 Å². The smallest absolute Gasteiger partial charge is 0.165 e. The zero-order valence-electron chi connectivity index (χ0n) is 37.6. The molecule has 5 saturated heterocycles. The molecular weight excluding hydrogens is 857 g/mol. The van der Waals surface area contributed by atoms with Crippen molar-refractivity contribution < 1.29 is 35.1 Å². The summed E-state index contributed by atoms with van der Waals surface area (Å²) in [4.78, 5) is 0. The Kier molecular flexibility index (Phi) is 13.9. The molecule has 0 spiro atoms. The highest BCUT2D eigenvalue weighted by atomic mass is 19.2. The number of hydrazine groups is 1. The standard InChI is InChI=1S/C40H72F8N16/c1-49-11-9-10-12(28(51-3)27(11)50-2)34-57-33(10)58-35-13-14(20(42)24(46)23(45)19(13)41)36(59-35)60-37-15-16(22(44)26(48)25(47)21(15)43)38(61-37)63-40-18-17(39(62-34)64(40)56-8)29(52-4)31(54-6)32(55-7)30(18)53-5/h10-40,49-63H,9H2,1-8H3. The molecule has 4 saturated carbocycles. The largest absolute Gasteiger partial charge is 0.315 e. The van der Waals surface area contributed by atoms with Crippen LogP contribution in [0.2, 0.25) is 0 Å². The maximum absolute atomic E-state index is 16.6. The van der Waals surface area contributed by atoms with Crippen LogP contribution in [-0.4, -0.2) is 202 Å². The zero-order chi connectivity index (χ0) is 45.8. The first-order valence-electron chi connectivity index (χ1n) is 23.4. The van der Waals surface area contributed by atoms with Gasteiger partial charge in [-0.2, -0.15) is 0 Å². The summed E-state index contributed by atoms with van der Waals surface area (Å²) in [5.74, 6) is -6.82. The highest BCUT2D eigenvalue weighted by Gasteiger charge is 2.68. The van der Waals surface area contributed by atoms with E-state index in [1.807, 2.05) is 54.3 Å². The fourth-order valence-corrected chi connectivity index (χ4v) is 15.1. The Balaban J connectivity index is 1.21. The van der Waals surface area contributed by atoms with E-state index in [1.54, 1.807) is 7.05 Å². The number of nitrogens with one attached hydrogen (secondary N) is 15. The summed E-state index contributed by atoms with van der Waals surface area (Å²) in [7, 11) is 15.1. The van der Waals surface area contributed by atoms with Crippen LogP contribution < -0.4 is 79.9 Å². The molecule has 9 fully saturated rings. The van der Waals surface area contributed by atoms with Crippen LogP contribution in [-0.2, 0) is 0 Å². The van der Waals surface area contributed by atoms with Crippen molar-refractivity contribution in [2.75, 3.05) is 56.4 Å². The van der Waals surface area contributed by atoms with Crippen LogP contribution in [0.15, 0.2) is 0 Å². The third kappa shape index (κ3) is 7.12. The highest BCUT2D eigenvalue weighted by molar-refractivity contribution is 5.21. The van der Waals surface area contributed by atoms with Crippen LogP contribution in [0.1, 0.15) is 6.42 Å². The van der Waals surface area contributed by atoms with E-state index in [-0.39, 0.29) is 66.0 Å². The van der Waals surface area contributed by atoms with E-state index < -0.39 is 122 Å². The van der Waals surface area contributed by atoms with Gasteiger partial charge in [-0.3, -0.25) is 42.6 Å². The molecule has 31 unspecified atom stereocenters. The average Bonchev–Trinajstić information content (AvgIpc) is 4.03. The first-order chi connectivity index (χ1) is 30.7. The number of hydrogen-bond acceptors (Lipinski definition) is 16. The van der Waals surface area contributed by atoms with Crippen molar-refractivity contribution in [2.24, 2.45) is 47.3 Å². The van der Waals surface area contributed by atoms with Crippen molar-refractivity contribution in [3.63, 3.8) is 0 Å². The molecule has 368 valence electrons. The van der Waals surface area contributed by atoms with Crippen LogP contribution in [0.3, 0.4) is 0 Å². The monoisotopic (exact) mass is 929 g/mol. The van der Waals surface area contributed by atoms with Gasteiger partial charge in [0.25, 0.3) is 0 Å². The topological polar surface area (TPSA) is 184 Å². The second kappa shape index (κ2) is 18.6. The molecule has 8 bridgehead atoms. The molecule has 0 amide bonds. The van der Waals surface area contributed by atoms with Crippen molar-refractivity contribution in [2.45, 2.75) is 147 Å². The molecule has 9 rings (SSSR count). The first-order valence-corrected chi connectivity index (χ1v) is 23.4. The van der Waals surface area contributed by atoms with Gasteiger partial charge in [-0.15, -0.1) is 0 Å². The summed E-state index contributed by atoms with van der Waals surface area (Å²) >= 11 is 0. The predicted molar refractivity (Wildman–Crippen MR) is 225 cm³/mol. The van der Waals surface area contributed by atoms with E-state index in [0.717, 1.165) is 0 Å². The predicted octanol–water partition coefficient (Wildman–Crippen LogP) is -3.58. The number of likely N-dealkylation sites (N-methyl/N-ethyl adjacent to an activating group) is 7. The van der Waals surface area contributed by atoms with Gasteiger partial charge >= 0.3 is 0 Å². The van der Waals surface area contributed by atoms with Gasteiger partial charge in [0.1, 0.15) is 24.7 Å². The number of hydrogen-bond donors (Lipinski definition) is 15. The number of rotatable bonds is 8. The Hall–Kier alpha value is -1.20. The van der Waals surface area contributed by atoms with Crippen LogP contribution in [0, 0.1) is 47.3 Å². The minimum atomic E-state index is -2.80. The Morgan fingerprint density at radius 3 is 0.969 bits per heavy atom. The van der Waals surface area contributed by atoms with Gasteiger partial charge in [0.2, 0.25) is 0 Å². The maximum atomic E-state index is 16.6. The van der Waals surface area contributed by atoms with E-state index in [0.29, 0.717) is 6.42 Å². The molecule has 0 aromatic rings. The van der Waals surface area contributed by atoms with Gasteiger partial charge in [-0.05, 0) is 68.7 Å². The Bertz CT molecular complexity index is 1610. The molecule has 0 aromatic heterocycles. The van der Waals surface area contributed by atoms with E-state index in [2.05, 4.69) is 79.9 Å². The van der Waals surface area contributed by atoms with Gasteiger partial charge in [-0.25, -0.2) is 40.1 Å². The summed E-state index contributed by atoms with van der Waals surface area (Å²) < 4.78 is 128. The second-order valence-corrected chi connectivity index (χ2v) is 19.8. The number of fused-ring (bicyclic) bond motifs is 20. The van der Waals surface area contributed by atoms with Gasteiger partial charge in [0.05, 0.1) is 49.3 Å². The Labute approximate surface area is 370 Å². The van der Waals surface area contributed by atoms with Crippen LogP contribution in [0.4, 0.5) is 35.1 Å². The van der Waals surface area contributed by atoms with Gasteiger partial charge < -0.3 is 37.2 Å². The molecule has 9 aliphatic rings. The van der Waals surface area contributed by atoms with Crippen molar-refractivity contribution in [1.82, 2.24) is 84.9 Å². The summed E-state index contributed by atoms with van der Waals surface area (Å²) in [5, 5.41) is 51.4. The van der Waals surface area contributed by atoms with Crippen LogP contribution in [0.25, 0.3) is 0 Å². The molecule has 5 heterocycles. The van der Waals surface area contributed by atoms with Crippen molar-refractivity contribution in [1.29, 1.82) is 0 Å². The molecule has 0 radical (unpaired) electrons. The molecule has 4 aliphatic carbocycles. The van der Waals surface area contributed by atoms with Crippen LogP contribution >= 0.6 is 0 Å². The molecule has 0 aromatic carbocycles. The maximum Gasteiger partial charge on any atom is 0.165 e. The molecule has 15 N–H and O–H groups in total. The fourth-order valence-electron chi connectivity index (χ4n) is 15.1. The molecule has 24 heteroatoms. The number of nitrogens with zero attached hydrogens (tertiary/aromatic N) is 1. The normalized spacial score (nSPS) is 58.4. The third-order valence-corrected chi connectivity index (χ3v) is 17.7. The number of halogens is 8. The molecule has 5 aliphatic heterocycles. The Morgan fingerprint density at radius 2 is 0.641 bits per heavy atom. The SMILES string of the molecule is CNC1CC2C3NC(NC4C5C(NC)C(NC)C(NC)C(NC)C5C(NC5NC(NC6NC(N3)C3C(F)C(F)C(F)C(F)C63)C3C(F)C(F)C(F)C(F)C53)N4NC)C2C(NC)C1NC. The van der Waals surface area contributed by atoms with E-state index in [9.17, 15) is 0 Å². The van der Waals surface area contributed by atoms with Crippen molar-refractivity contribution >= 4 is 0 Å². The summed E-state index contributed by atoms with van der Waals surface area (Å²) in [6.45, 7) is 0. The van der Waals surface area contributed by atoms with Crippen LogP contribution in [0.5, 0.6) is 0 Å². The lowest BCUT2D eigenvalue weighted by molar-refractivity contribution is -0.0879. The Morgan fingerprint density at radius 1 is 0.328 bits per heavy atom. The minimum Gasteiger partial charge on any atom is -0.315 e. The molecule has 64 heavy (non-hydrogen) atoms. The lowest BCUT2D eigenvalue weighted by Crippen LogP contribution is -2.74. The fraction of sp³-hybridized carbons (Fsp3) is 1.00. The van der Waals surface area contributed by atoms with Crippen molar-refractivity contribution in [3.8, 4) is 0 Å².